The molecule has 0 aliphatic heterocycles. The molecule has 0 N–H and O–H groups in total. The van der Waals surface area contributed by atoms with Gasteiger partial charge in [-0.15, -0.1) is 0 Å². The summed E-state index contributed by atoms with van der Waals surface area (Å²) in [7, 11) is 0. The Bertz CT molecular complexity index is 2230. The van der Waals surface area contributed by atoms with E-state index >= 15 is 0 Å². The number of rotatable bonds is 3. The average Bonchev–Trinajstić information content (AvgIpc) is 3.03. The Kier molecular flexibility index (Phi) is 5.49. The summed E-state index contributed by atoms with van der Waals surface area (Å²) >= 11 is 0. The first-order chi connectivity index (χ1) is 20.4. The van der Waals surface area contributed by atoms with Crippen molar-refractivity contribution in [2.24, 2.45) is 0 Å². The Balaban J connectivity index is 1.20. The molecular formula is C42H32. The molecule has 42 heavy (non-hydrogen) atoms. The van der Waals surface area contributed by atoms with Gasteiger partial charge < -0.3 is 0 Å². The summed E-state index contributed by atoms with van der Waals surface area (Å²) in [4.78, 5) is 0. The second-order valence-electron chi connectivity index (χ2n) is 12.7. The topological polar surface area (TPSA) is 0 Å². The van der Waals surface area contributed by atoms with Crippen LogP contribution in [0.2, 0.25) is 0 Å². The summed E-state index contributed by atoms with van der Waals surface area (Å²) in [6.07, 6.45) is 0. The predicted molar refractivity (Wildman–Crippen MR) is 183 cm³/mol. The second kappa shape index (κ2) is 9.29. The van der Waals surface area contributed by atoms with E-state index in [1.807, 2.05) is 0 Å². The molecule has 0 nitrogen and oxygen atoms in total. The molecule has 0 aliphatic rings. The minimum absolute atomic E-state index is 0.117. The van der Waals surface area contributed by atoms with Crippen LogP contribution in [0.1, 0.15) is 26.3 Å². The summed E-state index contributed by atoms with van der Waals surface area (Å²) in [5, 5.41) is 10.6. The van der Waals surface area contributed by atoms with Crippen LogP contribution < -0.4 is 0 Å². The summed E-state index contributed by atoms with van der Waals surface area (Å²) in [5.41, 5.74) is 9.02. The van der Waals surface area contributed by atoms with E-state index in [4.69, 9.17) is 0 Å². The molecule has 0 fully saturated rings. The van der Waals surface area contributed by atoms with Crippen molar-refractivity contribution in [3.05, 3.63) is 145 Å². The van der Waals surface area contributed by atoms with Crippen LogP contribution in [0.4, 0.5) is 0 Å². The molecule has 0 aromatic heterocycles. The standard InChI is InChI=1S/C42H32/c1-42(2,3)37-25-35-18-13-30-19-21-38(39-22-20-36(26-37)40(35)41(30)39)34-17-16-32-23-31(14-15-33(32)24-34)29-11-9-28(10-12-29)27-7-5-4-6-8-27/h4-26H,1-3H3. The molecule has 8 aromatic carbocycles. The highest BCUT2D eigenvalue weighted by Gasteiger charge is 2.18. The van der Waals surface area contributed by atoms with Crippen LogP contribution in [0.25, 0.3) is 76.5 Å². The largest absolute Gasteiger partial charge is 0.0622 e. The SMILES string of the molecule is CC(C)(C)c1cc2ccc3ccc(-c4ccc5cc(-c6ccc(-c7ccccc7)cc6)ccc5c4)c4ccc(c1)c2c34. The van der Waals surface area contributed by atoms with E-state index in [1.54, 1.807) is 0 Å². The van der Waals surface area contributed by atoms with Crippen molar-refractivity contribution in [2.75, 3.05) is 0 Å². The highest BCUT2D eigenvalue weighted by molar-refractivity contribution is 6.25. The zero-order valence-corrected chi connectivity index (χ0v) is 24.3. The molecule has 0 spiro atoms. The van der Waals surface area contributed by atoms with Gasteiger partial charge in [0.05, 0.1) is 0 Å². The van der Waals surface area contributed by atoms with Gasteiger partial charge in [0.2, 0.25) is 0 Å². The number of hydrogen-bond donors (Lipinski definition) is 0. The van der Waals surface area contributed by atoms with Gasteiger partial charge in [-0.05, 0) is 99.6 Å². The Hall–Kier alpha value is -4.94. The van der Waals surface area contributed by atoms with Crippen molar-refractivity contribution >= 4 is 43.1 Å². The van der Waals surface area contributed by atoms with Gasteiger partial charge in [-0.1, -0.05) is 148 Å². The maximum Gasteiger partial charge on any atom is -0.00206 e. The highest BCUT2D eigenvalue weighted by atomic mass is 14.2. The summed E-state index contributed by atoms with van der Waals surface area (Å²) in [5.74, 6) is 0. The van der Waals surface area contributed by atoms with Crippen LogP contribution in [0.5, 0.6) is 0 Å². The molecule has 0 heteroatoms. The molecule has 0 atom stereocenters. The molecule has 0 bridgehead atoms. The molecular weight excluding hydrogens is 504 g/mol. The van der Waals surface area contributed by atoms with E-state index in [1.165, 1.54) is 82.0 Å². The lowest BCUT2D eigenvalue weighted by atomic mass is 9.82. The predicted octanol–water partition coefficient (Wildman–Crippen LogP) is 12.0. The molecule has 8 rings (SSSR count). The minimum atomic E-state index is 0.117. The van der Waals surface area contributed by atoms with Crippen LogP contribution >= 0.6 is 0 Å². The summed E-state index contributed by atoms with van der Waals surface area (Å²) in [6.45, 7) is 6.88. The van der Waals surface area contributed by atoms with Gasteiger partial charge in [0.1, 0.15) is 0 Å². The molecule has 0 amide bonds. The molecule has 0 saturated carbocycles. The third kappa shape index (κ3) is 4.06. The molecule has 0 aliphatic carbocycles. The van der Waals surface area contributed by atoms with E-state index in [-0.39, 0.29) is 5.41 Å². The van der Waals surface area contributed by atoms with Gasteiger partial charge in [-0.3, -0.25) is 0 Å². The Morgan fingerprint density at radius 2 is 0.857 bits per heavy atom. The van der Waals surface area contributed by atoms with Gasteiger partial charge in [-0.2, -0.15) is 0 Å². The fraction of sp³-hybridized carbons (Fsp3) is 0.0952. The minimum Gasteiger partial charge on any atom is -0.0622 e. The smallest absolute Gasteiger partial charge is 0.00206 e. The van der Waals surface area contributed by atoms with Crippen molar-refractivity contribution in [1.29, 1.82) is 0 Å². The van der Waals surface area contributed by atoms with Crippen molar-refractivity contribution in [1.82, 2.24) is 0 Å². The molecule has 0 radical (unpaired) electrons. The molecule has 0 saturated heterocycles. The normalized spacial score (nSPS) is 12.2. The molecule has 8 aromatic rings. The zero-order valence-electron chi connectivity index (χ0n) is 24.3. The van der Waals surface area contributed by atoms with Crippen molar-refractivity contribution < 1.29 is 0 Å². The van der Waals surface area contributed by atoms with Gasteiger partial charge >= 0.3 is 0 Å². The van der Waals surface area contributed by atoms with Crippen LogP contribution in [0.3, 0.4) is 0 Å². The first-order valence-electron chi connectivity index (χ1n) is 14.8. The lowest BCUT2D eigenvalue weighted by Crippen LogP contribution is -2.10. The lowest BCUT2D eigenvalue weighted by molar-refractivity contribution is 0.591. The van der Waals surface area contributed by atoms with Gasteiger partial charge in [0.15, 0.2) is 0 Å². The van der Waals surface area contributed by atoms with Crippen LogP contribution in [0.15, 0.2) is 140 Å². The van der Waals surface area contributed by atoms with Crippen molar-refractivity contribution in [2.45, 2.75) is 26.2 Å². The molecule has 0 unspecified atom stereocenters. The molecule has 200 valence electrons. The maximum atomic E-state index is 2.39. The quantitative estimate of drug-likeness (QED) is 0.197. The Morgan fingerprint density at radius 3 is 1.55 bits per heavy atom. The fourth-order valence-electron chi connectivity index (χ4n) is 6.58. The number of fused-ring (bicyclic) bond motifs is 1. The molecule has 0 heterocycles. The lowest BCUT2D eigenvalue weighted by Gasteiger charge is -2.22. The Labute approximate surface area is 247 Å². The summed E-state index contributed by atoms with van der Waals surface area (Å²) in [6, 6.07) is 51.8. The average molecular weight is 537 g/mol. The van der Waals surface area contributed by atoms with Gasteiger partial charge in [0, 0.05) is 0 Å². The highest BCUT2D eigenvalue weighted by Crippen LogP contribution is 2.41. The number of benzene rings is 8. The Morgan fingerprint density at radius 1 is 0.357 bits per heavy atom. The van der Waals surface area contributed by atoms with E-state index < -0.39 is 0 Å². The summed E-state index contributed by atoms with van der Waals surface area (Å²) < 4.78 is 0. The maximum absolute atomic E-state index is 2.39. The van der Waals surface area contributed by atoms with E-state index in [9.17, 15) is 0 Å². The third-order valence-corrected chi connectivity index (χ3v) is 8.94. The monoisotopic (exact) mass is 536 g/mol. The zero-order chi connectivity index (χ0) is 28.4. The van der Waals surface area contributed by atoms with E-state index in [0.717, 1.165) is 0 Å². The third-order valence-electron chi connectivity index (χ3n) is 8.94. The van der Waals surface area contributed by atoms with Crippen molar-refractivity contribution in [3.63, 3.8) is 0 Å². The van der Waals surface area contributed by atoms with Crippen LogP contribution in [0, 0.1) is 0 Å². The fourth-order valence-corrected chi connectivity index (χ4v) is 6.58. The van der Waals surface area contributed by atoms with E-state index in [2.05, 4.69) is 160 Å². The first-order valence-corrected chi connectivity index (χ1v) is 14.8. The van der Waals surface area contributed by atoms with E-state index in [0.29, 0.717) is 0 Å². The first kappa shape index (κ1) is 24.8. The van der Waals surface area contributed by atoms with Gasteiger partial charge in [0.25, 0.3) is 0 Å². The second-order valence-corrected chi connectivity index (χ2v) is 12.7. The van der Waals surface area contributed by atoms with Gasteiger partial charge in [-0.25, -0.2) is 0 Å². The van der Waals surface area contributed by atoms with Crippen LogP contribution in [-0.2, 0) is 5.41 Å². The van der Waals surface area contributed by atoms with Crippen LogP contribution in [-0.4, -0.2) is 0 Å². The number of hydrogen-bond acceptors (Lipinski definition) is 0. The van der Waals surface area contributed by atoms with Crippen molar-refractivity contribution in [3.8, 4) is 33.4 Å².